The lowest BCUT2D eigenvalue weighted by Crippen LogP contribution is -2.65. The third-order valence-corrected chi connectivity index (χ3v) is 18.2. The highest BCUT2D eigenvalue weighted by Crippen LogP contribution is 2.32. The molecule has 7 amide bonds. The van der Waals surface area contributed by atoms with Gasteiger partial charge in [0.15, 0.2) is 18.9 Å². The Bertz CT molecular complexity index is 2400. The Balaban J connectivity index is 1.61. The summed E-state index contributed by atoms with van der Waals surface area (Å²) in [5, 5.41) is 112. The number of carbonyl (C=O) groups excluding carboxylic acids is 7. The van der Waals surface area contributed by atoms with Crippen LogP contribution in [0, 0.1) is 0 Å². The Kier molecular flexibility index (Phi) is 40.7. The fraction of sp³-hybridized carbons (Fsp3) is 0.901. The molecule has 35 nitrogen and oxygen atoms in total. The lowest BCUT2D eigenvalue weighted by molar-refractivity contribution is -0.297. The van der Waals surface area contributed by atoms with Crippen molar-refractivity contribution in [2.24, 2.45) is 0 Å². The molecule has 15 atom stereocenters. The van der Waals surface area contributed by atoms with Crippen molar-refractivity contribution < 1.29 is 136 Å². The molecule has 15 unspecified atom stereocenters. The number of aliphatic hydroxyl groups excluding tert-OH is 9. The van der Waals surface area contributed by atoms with Gasteiger partial charge in [0.1, 0.15) is 78.6 Å². The third-order valence-electron chi connectivity index (χ3n) is 18.2. The second-order valence-corrected chi connectivity index (χ2v) is 31.3. The summed E-state index contributed by atoms with van der Waals surface area (Å²) in [6.07, 6.45) is -13.3. The summed E-state index contributed by atoms with van der Waals surface area (Å²) in [5.74, 6) is -2.81. The fourth-order valence-electron chi connectivity index (χ4n) is 11.7. The van der Waals surface area contributed by atoms with Crippen LogP contribution in [0.2, 0.25) is 0 Å². The molecule has 35 heteroatoms. The molecule has 0 saturated carbocycles. The molecule has 0 aromatic carbocycles. The first-order valence-corrected chi connectivity index (χ1v) is 36.8. The van der Waals surface area contributed by atoms with E-state index >= 15 is 0 Å². The van der Waals surface area contributed by atoms with Gasteiger partial charge < -0.3 is 140 Å². The van der Waals surface area contributed by atoms with E-state index in [2.05, 4.69) is 37.2 Å². The molecule has 0 spiro atoms. The molecule has 16 N–H and O–H groups in total. The molecule has 0 radical (unpaired) electrons. The maximum atomic E-state index is 13.5. The standard InChI is InChI=1S/C71H131N7O28/c1-17-18-52(88)78-71(40-95-31-19-49(85)72-28-22-65(5,6)98-34-25-68(11,12)104-62-53(75-43(2)82)59(92)56(89)46(37-79)101-62,41-96-32-20-50(86)73-29-23-66(7,8)99-35-26-69(13,14)105-63-54(76-44(3)83)60(93)57(90)47(38-80)102-63)42-97-33-21-51(87)74-30-24-67(9,10)100-36-27-70(15,16)106-64-55(77-45(4)84)61(94)58(91)48(39-81)103-64/h46-48,53-64,79-81,89-94H,17-42H2,1-16H3,(H,72,85)(H,73,86)(H,74,87)(H,75,82)(H,76,83)(H,77,84)(H,78,88). The monoisotopic (exact) mass is 1530 g/mol. The van der Waals surface area contributed by atoms with Gasteiger partial charge in [-0.05, 0) is 128 Å². The molecule has 0 aromatic heterocycles. The van der Waals surface area contributed by atoms with Gasteiger partial charge in [-0.25, -0.2) is 0 Å². The SMILES string of the molecule is CCCC(=O)NC(COCCC(=O)NCCC(C)(C)OCCC(C)(C)OC1OC(CO)C(O)C(O)C1NC(C)=O)(COCCC(=O)NCCC(C)(C)OCCC(C)(C)OC1OC(CO)C(O)C(O)C1NC(C)=O)COCCC(=O)NCCC(C)(C)OCCC(C)(C)OC1OC(CO)C(O)C(O)C1NC(C)=O. The van der Waals surface area contributed by atoms with Crippen LogP contribution in [0.1, 0.15) is 181 Å². The number of carbonyl (C=O) groups is 7. The summed E-state index contributed by atoms with van der Waals surface area (Å²) >= 11 is 0. The van der Waals surface area contributed by atoms with E-state index in [1.807, 2.05) is 48.5 Å². The molecule has 3 saturated heterocycles. The van der Waals surface area contributed by atoms with Crippen LogP contribution in [-0.2, 0) is 90.4 Å². The average Bonchev–Trinajstić information content (AvgIpc) is 0.809. The molecular weight excluding hydrogens is 1400 g/mol. The Hall–Kier alpha value is -4.55. The summed E-state index contributed by atoms with van der Waals surface area (Å²) in [7, 11) is 0. The predicted octanol–water partition coefficient (Wildman–Crippen LogP) is -1.85. The van der Waals surface area contributed by atoms with Crippen molar-refractivity contribution in [1.29, 1.82) is 0 Å². The summed E-state index contributed by atoms with van der Waals surface area (Å²) in [6.45, 7) is 25.9. The van der Waals surface area contributed by atoms with E-state index in [-0.39, 0.29) is 128 Å². The van der Waals surface area contributed by atoms with Crippen LogP contribution < -0.4 is 37.2 Å². The average molecular weight is 1530 g/mol. The van der Waals surface area contributed by atoms with E-state index in [4.69, 9.17) is 56.8 Å². The van der Waals surface area contributed by atoms with Crippen LogP contribution in [0.15, 0.2) is 0 Å². The third kappa shape index (κ3) is 35.2. The van der Waals surface area contributed by atoms with Crippen LogP contribution in [0.25, 0.3) is 0 Å². The Morgan fingerprint density at radius 1 is 0.358 bits per heavy atom. The molecular formula is C71H131N7O28. The molecule has 0 aromatic rings. The van der Waals surface area contributed by atoms with Gasteiger partial charge in [0.2, 0.25) is 41.4 Å². The molecule has 3 rings (SSSR count). The van der Waals surface area contributed by atoms with Gasteiger partial charge in [-0.3, -0.25) is 33.6 Å². The molecule has 0 aliphatic carbocycles. The minimum Gasteiger partial charge on any atom is -0.394 e. The van der Waals surface area contributed by atoms with Crippen molar-refractivity contribution in [1.82, 2.24) is 37.2 Å². The molecule has 0 bridgehead atoms. The van der Waals surface area contributed by atoms with Crippen LogP contribution in [-0.4, -0.2) is 317 Å². The van der Waals surface area contributed by atoms with Gasteiger partial charge in [-0.1, -0.05) is 6.92 Å². The molecule has 3 aliphatic heterocycles. The summed E-state index contributed by atoms with van der Waals surface area (Å²) in [4.78, 5) is 89.1. The van der Waals surface area contributed by atoms with Crippen LogP contribution in [0.3, 0.4) is 0 Å². The van der Waals surface area contributed by atoms with Gasteiger partial charge >= 0.3 is 0 Å². The van der Waals surface area contributed by atoms with Gasteiger partial charge in [-0.15, -0.1) is 0 Å². The highest BCUT2D eigenvalue weighted by atomic mass is 16.7. The maximum absolute atomic E-state index is 13.5. The van der Waals surface area contributed by atoms with Crippen molar-refractivity contribution in [2.75, 3.05) is 98.9 Å². The highest BCUT2D eigenvalue weighted by Gasteiger charge is 2.50. The van der Waals surface area contributed by atoms with E-state index < -0.39 is 169 Å². The fourth-order valence-corrected chi connectivity index (χ4v) is 11.7. The predicted molar refractivity (Wildman–Crippen MR) is 381 cm³/mol. The topological polar surface area (TPSA) is 497 Å². The van der Waals surface area contributed by atoms with Crippen molar-refractivity contribution in [2.45, 2.75) is 312 Å². The van der Waals surface area contributed by atoms with Gasteiger partial charge in [-0.2, -0.15) is 0 Å². The largest absolute Gasteiger partial charge is 0.394 e. The number of hydrogen-bond donors (Lipinski definition) is 16. The zero-order valence-corrected chi connectivity index (χ0v) is 65.3. The van der Waals surface area contributed by atoms with Crippen LogP contribution in [0.5, 0.6) is 0 Å². The Morgan fingerprint density at radius 2 is 0.623 bits per heavy atom. The Morgan fingerprint density at radius 3 is 0.858 bits per heavy atom. The van der Waals surface area contributed by atoms with Gasteiger partial charge in [0.05, 0.1) is 113 Å². The van der Waals surface area contributed by atoms with Gasteiger partial charge in [0, 0.05) is 66.1 Å². The van der Waals surface area contributed by atoms with E-state index in [0.717, 1.165) is 0 Å². The smallest absolute Gasteiger partial charge is 0.222 e. The molecule has 3 fully saturated rings. The molecule has 3 aliphatic rings. The number of aliphatic hydroxyl groups is 9. The Labute approximate surface area is 624 Å². The number of hydrogen-bond acceptors (Lipinski definition) is 28. The van der Waals surface area contributed by atoms with E-state index in [1.165, 1.54) is 20.8 Å². The quantitative estimate of drug-likeness (QED) is 0.0297. The number of amides is 7. The summed E-state index contributed by atoms with van der Waals surface area (Å²) in [6, 6.07) is -3.36. The van der Waals surface area contributed by atoms with Crippen molar-refractivity contribution in [3.63, 3.8) is 0 Å². The van der Waals surface area contributed by atoms with E-state index in [0.29, 0.717) is 44.9 Å². The van der Waals surface area contributed by atoms with E-state index in [1.54, 1.807) is 41.5 Å². The van der Waals surface area contributed by atoms with Crippen LogP contribution >= 0.6 is 0 Å². The van der Waals surface area contributed by atoms with Crippen molar-refractivity contribution in [3.05, 3.63) is 0 Å². The number of rotatable bonds is 51. The highest BCUT2D eigenvalue weighted by molar-refractivity contribution is 5.78. The number of nitrogens with one attached hydrogen (secondary N) is 7. The minimum absolute atomic E-state index is 0.0774. The van der Waals surface area contributed by atoms with Crippen molar-refractivity contribution >= 4 is 41.4 Å². The zero-order valence-electron chi connectivity index (χ0n) is 65.3. The van der Waals surface area contributed by atoms with Crippen LogP contribution in [0.4, 0.5) is 0 Å². The second kappa shape index (κ2) is 45.1. The zero-order chi connectivity index (χ0) is 80.0. The lowest BCUT2D eigenvalue weighted by Gasteiger charge is -2.44. The van der Waals surface area contributed by atoms with E-state index in [9.17, 15) is 79.5 Å². The number of ether oxygens (including phenoxy) is 12. The first-order valence-electron chi connectivity index (χ1n) is 36.8. The normalized spacial score (nSPS) is 26.1. The van der Waals surface area contributed by atoms with Crippen molar-refractivity contribution in [3.8, 4) is 0 Å². The minimum atomic E-state index is -1.47. The molecule has 3 heterocycles. The molecule has 106 heavy (non-hydrogen) atoms. The first-order chi connectivity index (χ1) is 49.3. The maximum Gasteiger partial charge on any atom is 0.222 e. The second-order valence-electron chi connectivity index (χ2n) is 31.3. The summed E-state index contributed by atoms with van der Waals surface area (Å²) in [5.41, 5.74) is -6.35. The first kappa shape index (κ1) is 95.7. The summed E-state index contributed by atoms with van der Waals surface area (Å²) < 4.78 is 72.7. The lowest BCUT2D eigenvalue weighted by atomic mass is 9.96. The van der Waals surface area contributed by atoms with Gasteiger partial charge in [0.25, 0.3) is 0 Å². The molecule has 618 valence electrons.